The van der Waals surface area contributed by atoms with Crippen LogP contribution in [0.1, 0.15) is 0 Å². The Morgan fingerprint density at radius 2 is 2.00 bits per heavy atom. The van der Waals surface area contributed by atoms with Crippen molar-refractivity contribution in [1.82, 2.24) is 5.32 Å². The van der Waals surface area contributed by atoms with Crippen molar-refractivity contribution in [1.29, 1.82) is 0 Å². The van der Waals surface area contributed by atoms with Crippen LogP contribution in [-0.2, 0) is 14.9 Å². The summed E-state index contributed by atoms with van der Waals surface area (Å²) in [6.45, 7) is -0.864. The van der Waals surface area contributed by atoms with Crippen molar-refractivity contribution in [3.8, 4) is 0 Å². The molecule has 0 aliphatic heterocycles. The molecule has 0 aliphatic carbocycles. The number of carbonyl (C=O) groups is 1. The van der Waals surface area contributed by atoms with E-state index in [1.165, 1.54) is 0 Å². The minimum Gasteiger partial charge on any atom is -0.480 e. The third kappa shape index (κ3) is 6.46. The summed E-state index contributed by atoms with van der Waals surface area (Å²) < 4.78 is 28.6. The number of carboxylic acid groups (broad SMARTS) is 1. The molecule has 78 valence electrons. The summed E-state index contributed by atoms with van der Waals surface area (Å²) >= 11 is 0. The molecule has 0 aromatic rings. The van der Waals surface area contributed by atoms with Crippen LogP contribution in [0.25, 0.3) is 0 Å². The molecule has 13 heavy (non-hydrogen) atoms. The van der Waals surface area contributed by atoms with Gasteiger partial charge < -0.3 is 15.5 Å². The van der Waals surface area contributed by atoms with Gasteiger partial charge in [0.2, 0.25) is 0 Å². The number of hydrogen-bond donors (Lipinski definition) is 4. The average molecular weight is 213 g/mol. The largest absolute Gasteiger partial charge is 0.480 e. The van der Waals surface area contributed by atoms with Crippen molar-refractivity contribution in [2.24, 2.45) is 0 Å². The molecular weight excluding hydrogens is 202 g/mol. The van der Waals surface area contributed by atoms with Crippen LogP contribution in [-0.4, -0.2) is 54.1 Å². The molecule has 0 aliphatic rings. The van der Waals surface area contributed by atoms with E-state index in [2.05, 4.69) is 5.32 Å². The molecule has 0 heterocycles. The lowest BCUT2D eigenvalue weighted by atomic mass is 10.3. The van der Waals surface area contributed by atoms with Gasteiger partial charge in [0, 0.05) is 6.54 Å². The van der Waals surface area contributed by atoms with Crippen molar-refractivity contribution in [2.45, 2.75) is 6.04 Å². The van der Waals surface area contributed by atoms with Gasteiger partial charge in [-0.1, -0.05) is 0 Å². The molecular formula is C5H11NO6S. The molecule has 1 atom stereocenters. The first-order valence-corrected chi connectivity index (χ1v) is 5.00. The summed E-state index contributed by atoms with van der Waals surface area (Å²) in [6, 6.07) is -1.21. The zero-order valence-electron chi connectivity index (χ0n) is 6.67. The molecule has 0 amide bonds. The van der Waals surface area contributed by atoms with Gasteiger partial charge in [0.1, 0.15) is 6.04 Å². The van der Waals surface area contributed by atoms with E-state index in [-0.39, 0.29) is 6.54 Å². The van der Waals surface area contributed by atoms with Gasteiger partial charge >= 0.3 is 5.97 Å². The lowest BCUT2D eigenvalue weighted by molar-refractivity contribution is -0.140. The van der Waals surface area contributed by atoms with E-state index in [0.717, 1.165) is 0 Å². The standard InChI is InChI=1S/C5H11NO6S/c7-3-4(5(8)9)6-1-2-13(10,11)12/h4,6-7H,1-3H2,(H,8,9)(H,10,11,12). The lowest BCUT2D eigenvalue weighted by Crippen LogP contribution is -2.41. The zero-order valence-corrected chi connectivity index (χ0v) is 7.49. The minimum absolute atomic E-state index is 0.226. The van der Waals surface area contributed by atoms with E-state index in [9.17, 15) is 13.2 Å². The van der Waals surface area contributed by atoms with E-state index in [1.54, 1.807) is 0 Å². The monoisotopic (exact) mass is 213 g/mol. The molecule has 0 aromatic heterocycles. The SMILES string of the molecule is O=C(O)C(CO)NCCS(=O)(=O)O. The first-order chi connectivity index (χ1) is 5.87. The number of aliphatic hydroxyl groups is 1. The lowest BCUT2D eigenvalue weighted by Gasteiger charge is -2.09. The highest BCUT2D eigenvalue weighted by Gasteiger charge is 2.15. The van der Waals surface area contributed by atoms with Gasteiger partial charge in [-0.25, -0.2) is 0 Å². The van der Waals surface area contributed by atoms with E-state index in [4.69, 9.17) is 14.8 Å². The first kappa shape index (κ1) is 12.3. The number of rotatable bonds is 6. The fourth-order valence-corrected chi connectivity index (χ4v) is 0.968. The van der Waals surface area contributed by atoms with Crippen LogP contribution in [0.3, 0.4) is 0 Å². The van der Waals surface area contributed by atoms with Crippen molar-refractivity contribution in [2.75, 3.05) is 18.9 Å². The van der Waals surface area contributed by atoms with Gasteiger partial charge in [0.15, 0.2) is 0 Å². The van der Waals surface area contributed by atoms with Gasteiger partial charge in [-0.05, 0) is 0 Å². The number of nitrogens with one attached hydrogen (secondary N) is 1. The van der Waals surface area contributed by atoms with Gasteiger partial charge in [0.05, 0.1) is 12.4 Å². The Morgan fingerprint density at radius 3 is 2.31 bits per heavy atom. The Hall–Kier alpha value is -0.700. The summed E-state index contributed by atoms with van der Waals surface area (Å²) in [4.78, 5) is 10.3. The molecule has 1 unspecified atom stereocenters. The Balaban J connectivity index is 3.81. The maximum absolute atomic E-state index is 10.3. The number of hydrogen-bond acceptors (Lipinski definition) is 5. The highest BCUT2D eigenvalue weighted by Crippen LogP contribution is 1.84. The molecule has 7 nitrogen and oxygen atoms in total. The molecule has 0 saturated carbocycles. The van der Waals surface area contributed by atoms with Crippen molar-refractivity contribution in [3.05, 3.63) is 0 Å². The second kappa shape index (κ2) is 5.12. The van der Waals surface area contributed by atoms with Crippen LogP contribution >= 0.6 is 0 Å². The zero-order chi connectivity index (χ0) is 10.5. The van der Waals surface area contributed by atoms with E-state index >= 15 is 0 Å². The predicted octanol–water partition coefficient (Wildman–Crippen LogP) is -2.09. The van der Waals surface area contributed by atoms with Gasteiger partial charge in [0.25, 0.3) is 10.1 Å². The van der Waals surface area contributed by atoms with Crippen LogP contribution in [0, 0.1) is 0 Å². The van der Waals surface area contributed by atoms with Crippen molar-refractivity contribution < 1.29 is 28.0 Å². The molecule has 0 saturated heterocycles. The molecule has 8 heteroatoms. The smallest absolute Gasteiger partial charge is 0.323 e. The van der Waals surface area contributed by atoms with E-state index < -0.39 is 34.5 Å². The van der Waals surface area contributed by atoms with Crippen LogP contribution in [0.15, 0.2) is 0 Å². The Bertz CT molecular complexity index is 260. The first-order valence-electron chi connectivity index (χ1n) is 3.39. The minimum atomic E-state index is -4.09. The molecule has 0 radical (unpaired) electrons. The molecule has 0 rings (SSSR count). The predicted molar refractivity (Wildman–Crippen MR) is 42.9 cm³/mol. The highest BCUT2D eigenvalue weighted by molar-refractivity contribution is 7.85. The van der Waals surface area contributed by atoms with Gasteiger partial charge in [-0.3, -0.25) is 9.35 Å². The Morgan fingerprint density at radius 1 is 1.46 bits per heavy atom. The normalized spacial score (nSPS) is 14.0. The highest BCUT2D eigenvalue weighted by atomic mass is 32.2. The fraction of sp³-hybridized carbons (Fsp3) is 0.800. The Labute approximate surface area is 75.1 Å². The summed E-state index contributed by atoms with van der Waals surface area (Å²) in [6.07, 6.45) is 0. The van der Waals surface area contributed by atoms with E-state index in [0.29, 0.717) is 0 Å². The van der Waals surface area contributed by atoms with E-state index in [1.807, 2.05) is 0 Å². The molecule has 0 spiro atoms. The summed E-state index contributed by atoms with van der Waals surface area (Å²) in [5, 5.41) is 19.1. The van der Waals surface area contributed by atoms with Crippen molar-refractivity contribution >= 4 is 16.1 Å². The molecule has 4 N–H and O–H groups in total. The number of aliphatic hydroxyl groups excluding tert-OH is 1. The molecule has 0 fully saturated rings. The number of carboxylic acids is 1. The van der Waals surface area contributed by atoms with Gasteiger partial charge in [-0.15, -0.1) is 0 Å². The van der Waals surface area contributed by atoms with Crippen LogP contribution in [0.5, 0.6) is 0 Å². The maximum Gasteiger partial charge on any atom is 0.323 e. The third-order valence-electron chi connectivity index (χ3n) is 1.23. The fourth-order valence-electron chi connectivity index (χ4n) is 0.592. The average Bonchev–Trinajstić information content (AvgIpc) is 1.95. The molecule has 0 aromatic carbocycles. The van der Waals surface area contributed by atoms with Gasteiger partial charge in [-0.2, -0.15) is 8.42 Å². The maximum atomic E-state index is 10.3. The summed E-state index contributed by atoms with van der Waals surface area (Å²) in [5.41, 5.74) is 0. The van der Waals surface area contributed by atoms with Crippen molar-refractivity contribution in [3.63, 3.8) is 0 Å². The Kier molecular flexibility index (Phi) is 4.85. The van der Waals surface area contributed by atoms with Crippen LogP contribution < -0.4 is 5.32 Å². The number of aliphatic carboxylic acids is 1. The second-order valence-electron chi connectivity index (χ2n) is 2.31. The molecule has 0 bridgehead atoms. The second-order valence-corrected chi connectivity index (χ2v) is 3.89. The topological polar surface area (TPSA) is 124 Å². The van der Waals surface area contributed by atoms with Crippen LogP contribution in [0.2, 0.25) is 0 Å². The summed E-state index contributed by atoms with van der Waals surface area (Å²) in [5.74, 6) is -1.87. The van der Waals surface area contributed by atoms with Crippen LogP contribution in [0.4, 0.5) is 0 Å². The third-order valence-corrected chi connectivity index (χ3v) is 1.95. The summed E-state index contributed by atoms with van der Waals surface area (Å²) in [7, 11) is -4.09. The quantitative estimate of drug-likeness (QED) is 0.373.